The van der Waals surface area contributed by atoms with Crippen LogP contribution in [0.2, 0.25) is 0 Å². The van der Waals surface area contributed by atoms with Crippen molar-refractivity contribution in [3.8, 4) is 0 Å². The molecular weight excluding hydrogens is 252 g/mol. The second-order valence-electron chi connectivity index (χ2n) is 3.88. The van der Waals surface area contributed by atoms with Crippen LogP contribution in [0.15, 0.2) is 27.6 Å². The van der Waals surface area contributed by atoms with Crippen LogP contribution >= 0.6 is 11.8 Å². The maximum Gasteiger partial charge on any atom is 0.290 e. The lowest BCUT2D eigenvalue weighted by molar-refractivity contribution is -0.115. The molecule has 0 bridgehead atoms. The van der Waals surface area contributed by atoms with Crippen molar-refractivity contribution in [3.63, 3.8) is 0 Å². The standard InChI is InChI=1S/C12H8N2O3S/c1-6-8-4-7(2-3-9(8)17-14-6)5-10-11(15)13-12(16)18-10/h2-5H,1H3,(H,13,15,16)/b10-5+. The van der Waals surface area contributed by atoms with E-state index in [9.17, 15) is 9.59 Å². The number of rotatable bonds is 1. The van der Waals surface area contributed by atoms with Crippen LogP contribution < -0.4 is 5.32 Å². The molecule has 2 aromatic rings. The van der Waals surface area contributed by atoms with Crippen molar-refractivity contribution >= 4 is 40.0 Å². The summed E-state index contributed by atoms with van der Waals surface area (Å²) in [4.78, 5) is 22.9. The molecule has 1 saturated heterocycles. The van der Waals surface area contributed by atoms with E-state index in [1.165, 1.54) is 0 Å². The largest absolute Gasteiger partial charge is 0.356 e. The average molecular weight is 260 g/mol. The van der Waals surface area contributed by atoms with Crippen molar-refractivity contribution in [2.75, 3.05) is 0 Å². The van der Waals surface area contributed by atoms with Gasteiger partial charge in [-0.2, -0.15) is 0 Å². The lowest BCUT2D eigenvalue weighted by Gasteiger charge is -1.95. The van der Waals surface area contributed by atoms with Crippen LogP contribution in [-0.4, -0.2) is 16.3 Å². The molecule has 18 heavy (non-hydrogen) atoms. The van der Waals surface area contributed by atoms with Gasteiger partial charge in [0.1, 0.15) is 0 Å². The molecule has 0 unspecified atom stereocenters. The molecule has 0 atom stereocenters. The lowest BCUT2D eigenvalue weighted by Crippen LogP contribution is -2.17. The number of thioether (sulfide) groups is 1. The molecule has 1 aliphatic heterocycles. The summed E-state index contributed by atoms with van der Waals surface area (Å²) in [6, 6.07) is 5.49. The lowest BCUT2D eigenvalue weighted by atomic mass is 10.1. The molecule has 2 heterocycles. The SMILES string of the molecule is Cc1noc2ccc(/C=C3/SC(=O)NC3=O)cc12. The minimum atomic E-state index is -0.355. The molecule has 1 aromatic carbocycles. The summed E-state index contributed by atoms with van der Waals surface area (Å²) in [6.07, 6.45) is 1.68. The van der Waals surface area contributed by atoms with Gasteiger partial charge in [-0.1, -0.05) is 11.2 Å². The summed E-state index contributed by atoms with van der Waals surface area (Å²) in [5.41, 5.74) is 2.33. The number of nitrogens with one attached hydrogen (secondary N) is 1. The number of hydrogen-bond donors (Lipinski definition) is 1. The van der Waals surface area contributed by atoms with Crippen molar-refractivity contribution < 1.29 is 14.1 Å². The molecule has 90 valence electrons. The molecule has 5 nitrogen and oxygen atoms in total. The number of hydrogen-bond acceptors (Lipinski definition) is 5. The first-order chi connectivity index (χ1) is 8.63. The highest BCUT2D eigenvalue weighted by Crippen LogP contribution is 2.27. The molecule has 0 spiro atoms. The average Bonchev–Trinajstić information content (AvgIpc) is 2.84. The molecule has 0 radical (unpaired) electrons. The van der Waals surface area contributed by atoms with Crippen molar-refractivity contribution in [1.29, 1.82) is 0 Å². The van der Waals surface area contributed by atoms with Crippen LogP contribution in [0.25, 0.3) is 17.0 Å². The number of aromatic nitrogens is 1. The third-order valence-electron chi connectivity index (χ3n) is 2.61. The minimum absolute atomic E-state index is 0.339. The van der Waals surface area contributed by atoms with Crippen LogP contribution in [-0.2, 0) is 4.79 Å². The zero-order chi connectivity index (χ0) is 12.7. The molecule has 1 N–H and O–H groups in total. The third-order valence-corrected chi connectivity index (χ3v) is 3.42. The number of imide groups is 1. The first kappa shape index (κ1) is 11.0. The molecule has 0 aliphatic carbocycles. The summed E-state index contributed by atoms with van der Waals surface area (Å²) >= 11 is 0.903. The van der Waals surface area contributed by atoms with Crippen molar-refractivity contribution in [2.45, 2.75) is 6.92 Å². The second kappa shape index (κ2) is 3.99. The maximum atomic E-state index is 11.4. The fourth-order valence-electron chi connectivity index (χ4n) is 1.74. The van der Waals surface area contributed by atoms with E-state index in [0.717, 1.165) is 28.4 Å². The van der Waals surface area contributed by atoms with Crippen LogP contribution in [0.3, 0.4) is 0 Å². The predicted octanol–water partition coefficient (Wildman–Crippen LogP) is 2.46. The molecule has 2 amide bonds. The van der Waals surface area contributed by atoms with E-state index in [1.807, 2.05) is 19.1 Å². The fourth-order valence-corrected chi connectivity index (χ4v) is 2.42. The monoisotopic (exact) mass is 260 g/mol. The number of benzene rings is 1. The number of amides is 2. The number of aryl methyl sites for hydroxylation is 1. The van der Waals surface area contributed by atoms with Gasteiger partial charge in [0.05, 0.1) is 10.6 Å². The highest BCUT2D eigenvalue weighted by Gasteiger charge is 2.24. The molecule has 1 aromatic heterocycles. The molecule has 0 saturated carbocycles. The van der Waals surface area contributed by atoms with E-state index in [4.69, 9.17) is 4.52 Å². The topological polar surface area (TPSA) is 72.2 Å². The van der Waals surface area contributed by atoms with Gasteiger partial charge in [0.2, 0.25) is 0 Å². The second-order valence-corrected chi connectivity index (χ2v) is 4.89. The van der Waals surface area contributed by atoms with Crippen LogP contribution in [0, 0.1) is 6.92 Å². The minimum Gasteiger partial charge on any atom is -0.356 e. The number of fused-ring (bicyclic) bond motifs is 1. The quantitative estimate of drug-likeness (QED) is 0.797. The molecular formula is C12H8N2O3S. The number of nitrogens with zero attached hydrogens (tertiary/aromatic N) is 1. The molecule has 6 heteroatoms. The summed E-state index contributed by atoms with van der Waals surface area (Å²) < 4.78 is 5.10. The molecule has 1 aliphatic rings. The zero-order valence-electron chi connectivity index (χ0n) is 9.39. The van der Waals surface area contributed by atoms with E-state index in [0.29, 0.717) is 10.5 Å². The van der Waals surface area contributed by atoms with Gasteiger partial charge in [-0.25, -0.2) is 0 Å². The maximum absolute atomic E-state index is 11.4. The Labute approximate surface area is 106 Å². The first-order valence-electron chi connectivity index (χ1n) is 5.24. The van der Waals surface area contributed by atoms with E-state index in [2.05, 4.69) is 10.5 Å². The van der Waals surface area contributed by atoms with Gasteiger partial charge in [0.15, 0.2) is 5.58 Å². The zero-order valence-corrected chi connectivity index (χ0v) is 10.2. The predicted molar refractivity (Wildman–Crippen MR) is 67.9 cm³/mol. The Morgan fingerprint density at radius 2 is 2.22 bits per heavy atom. The van der Waals surface area contributed by atoms with E-state index in [1.54, 1.807) is 12.1 Å². The molecule has 3 rings (SSSR count). The third kappa shape index (κ3) is 1.80. The van der Waals surface area contributed by atoms with Crippen LogP contribution in [0.5, 0.6) is 0 Å². The highest BCUT2D eigenvalue weighted by atomic mass is 32.2. The Balaban J connectivity index is 2.04. The van der Waals surface area contributed by atoms with Gasteiger partial charge in [-0.15, -0.1) is 0 Å². The van der Waals surface area contributed by atoms with Crippen molar-refractivity contribution in [2.24, 2.45) is 0 Å². The Bertz CT molecular complexity index is 702. The van der Waals surface area contributed by atoms with Gasteiger partial charge in [-0.05, 0) is 42.5 Å². The van der Waals surface area contributed by atoms with Gasteiger partial charge in [-0.3, -0.25) is 14.9 Å². The summed E-state index contributed by atoms with van der Waals surface area (Å²) in [6.45, 7) is 1.85. The van der Waals surface area contributed by atoms with E-state index < -0.39 is 0 Å². The molecule has 1 fully saturated rings. The number of carbonyl (C=O) groups is 2. The van der Waals surface area contributed by atoms with E-state index in [-0.39, 0.29) is 11.1 Å². The van der Waals surface area contributed by atoms with Gasteiger partial charge < -0.3 is 4.52 Å². The van der Waals surface area contributed by atoms with Crippen LogP contribution in [0.4, 0.5) is 4.79 Å². The summed E-state index contributed by atoms with van der Waals surface area (Å²) in [5, 5.41) is 6.64. The summed E-state index contributed by atoms with van der Waals surface area (Å²) in [5.74, 6) is -0.355. The van der Waals surface area contributed by atoms with Crippen LogP contribution in [0.1, 0.15) is 11.3 Å². The van der Waals surface area contributed by atoms with E-state index >= 15 is 0 Å². The summed E-state index contributed by atoms with van der Waals surface area (Å²) in [7, 11) is 0. The number of carbonyl (C=O) groups excluding carboxylic acids is 2. The van der Waals surface area contributed by atoms with Gasteiger partial charge in [0.25, 0.3) is 11.1 Å². The Morgan fingerprint density at radius 3 is 2.94 bits per heavy atom. The smallest absolute Gasteiger partial charge is 0.290 e. The van der Waals surface area contributed by atoms with Gasteiger partial charge >= 0.3 is 0 Å². The Hall–Kier alpha value is -2.08. The van der Waals surface area contributed by atoms with Crippen molar-refractivity contribution in [3.05, 3.63) is 34.4 Å². The Kier molecular flexibility index (Phi) is 2.45. The Morgan fingerprint density at radius 1 is 1.39 bits per heavy atom. The van der Waals surface area contributed by atoms with Gasteiger partial charge in [0, 0.05) is 5.39 Å². The van der Waals surface area contributed by atoms with Crippen molar-refractivity contribution in [1.82, 2.24) is 10.5 Å². The normalized spacial score (nSPS) is 17.7. The highest BCUT2D eigenvalue weighted by molar-refractivity contribution is 8.18. The first-order valence-corrected chi connectivity index (χ1v) is 6.06. The fraction of sp³-hybridized carbons (Fsp3) is 0.0833.